The first kappa shape index (κ1) is 8.63. The molecule has 3 heteroatoms. The van der Waals surface area contributed by atoms with E-state index in [1.54, 1.807) is 0 Å². The molecule has 1 aromatic rings. The molecule has 1 unspecified atom stereocenters. The zero-order valence-corrected chi connectivity index (χ0v) is 7.95. The summed E-state index contributed by atoms with van der Waals surface area (Å²) in [5, 5.41) is 0. The molecule has 0 saturated carbocycles. The zero-order chi connectivity index (χ0) is 9.26. The van der Waals surface area contributed by atoms with Crippen molar-refractivity contribution in [3.63, 3.8) is 0 Å². The highest BCUT2D eigenvalue weighted by atomic mass is 14.9. The first-order valence-electron chi connectivity index (χ1n) is 4.91. The molecular weight excluding hydrogens is 162 g/mol. The number of aryl methyl sites for hydroxylation is 2. The number of fused-ring (bicyclic) bond motifs is 1. The number of hydrogen-bond donors (Lipinski definition) is 1. The molecule has 1 aliphatic rings. The number of hydrogen-bond acceptors (Lipinski definition) is 3. The fourth-order valence-corrected chi connectivity index (χ4v) is 1.79. The number of nitrogens with two attached hydrogens (primary N) is 1. The van der Waals surface area contributed by atoms with Crippen LogP contribution in [0.25, 0.3) is 0 Å². The van der Waals surface area contributed by atoms with Gasteiger partial charge in [0.15, 0.2) is 0 Å². The van der Waals surface area contributed by atoms with Crippen molar-refractivity contribution in [2.45, 2.75) is 38.6 Å². The molecule has 0 fully saturated rings. The predicted octanol–water partition coefficient (Wildman–Crippen LogP) is 1.38. The van der Waals surface area contributed by atoms with E-state index in [0.29, 0.717) is 0 Å². The van der Waals surface area contributed by atoms with Crippen molar-refractivity contribution in [1.82, 2.24) is 9.97 Å². The number of rotatable bonds is 1. The van der Waals surface area contributed by atoms with Crippen molar-refractivity contribution in [1.29, 1.82) is 0 Å². The molecule has 0 saturated heterocycles. The first-order valence-corrected chi connectivity index (χ1v) is 4.91. The summed E-state index contributed by atoms with van der Waals surface area (Å²) in [4.78, 5) is 8.75. The van der Waals surface area contributed by atoms with Crippen molar-refractivity contribution in [3.8, 4) is 0 Å². The van der Waals surface area contributed by atoms with Crippen molar-refractivity contribution >= 4 is 0 Å². The van der Waals surface area contributed by atoms with Crippen LogP contribution < -0.4 is 5.73 Å². The van der Waals surface area contributed by atoms with E-state index in [1.807, 2.05) is 6.20 Å². The molecule has 13 heavy (non-hydrogen) atoms. The highest BCUT2D eigenvalue weighted by Crippen LogP contribution is 2.25. The smallest absolute Gasteiger partial charge is 0.128 e. The Bertz CT molecular complexity index is 309. The Morgan fingerprint density at radius 2 is 2.46 bits per heavy atom. The summed E-state index contributed by atoms with van der Waals surface area (Å²) in [5.74, 6) is 0.913. The third-order valence-electron chi connectivity index (χ3n) is 2.58. The highest BCUT2D eigenvalue weighted by molar-refractivity contribution is 5.23. The minimum Gasteiger partial charge on any atom is -0.323 e. The van der Waals surface area contributed by atoms with Crippen molar-refractivity contribution in [3.05, 3.63) is 23.3 Å². The molecule has 1 atom stereocenters. The Morgan fingerprint density at radius 3 is 3.23 bits per heavy atom. The summed E-state index contributed by atoms with van der Waals surface area (Å²) in [6.07, 6.45) is 6.16. The Morgan fingerprint density at radius 1 is 1.62 bits per heavy atom. The van der Waals surface area contributed by atoms with E-state index in [9.17, 15) is 0 Å². The van der Waals surface area contributed by atoms with E-state index in [1.165, 1.54) is 12.0 Å². The topological polar surface area (TPSA) is 51.8 Å². The fraction of sp³-hybridized carbons (Fsp3) is 0.600. The van der Waals surface area contributed by atoms with Crippen LogP contribution in [-0.2, 0) is 12.8 Å². The van der Waals surface area contributed by atoms with Crippen LogP contribution in [-0.4, -0.2) is 9.97 Å². The van der Waals surface area contributed by atoms with Gasteiger partial charge in [-0.1, -0.05) is 6.92 Å². The van der Waals surface area contributed by atoms with E-state index < -0.39 is 0 Å². The van der Waals surface area contributed by atoms with Gasteiger partial charge in [-0.2, -0.15) is 0 Å². The monoisotopic (exact) mass is 177 g/mol. The number of aromatic nitrogens is 2. The van der Waals surface area contributed by atoms with Gasteiger partial charge in [-0.25, -0.2) is 9.97 Å². The van der Waals surface area contributed by atoms with Crippen LogP contribution in [0, 0.1) is 0 Å². The molecule has 0 aliphatic heterocycles. The molecule has 70 valence electrons. The van der Waals surface area contributed by atoms with E-state index in [-0.39, 0.29) is 6.04 Å². The fourth-order valence-electron chi connectivity index (χ4n) is 1.79. The average Bonchev–Trinajstić information content (AvgIpc) is 2.18. The summed E-state index contributed by atoms with van der Waals surface area (Å²) in [6.45, 7) is 2.07. The van der Waals surface area contributed by atoms with Crippen LogP contribution in [0.3, 0.4) is 0 Å². The Labute approximate surface area is 78.4 Å². The minimum atomic E-state index is 0.136. The van der Waals surface area contributed by atoms with Gasteiger partial charge < -0.3 is 5.73 Å². The summed E-state index contributed by atoms with van der Waals surface area (Å²) in [5.41, 5.74) is 8.31. The van der Waals surface area contributed by atoms with Crippen LogP contribution in [0.2, 0.25) is 0 Å². The molecule has 2 N–H and O–H groups in total. The standard InChI is InChI=1S/C10H15N3/c1-2-9-12-6-7-4-3-5-8(11)10(7)13-9/h6,8H,2-5,11H2,1H3. The summed E-state index contributed by atoms with van der Waals surface area (Å²) < 4.78 is 0. The molecule has 2 rings (SSSR count). The van der Waals surface area contributed by atoms with Crippen LogP contribution in [0.5, 0.6) is 0 Å². The SMILES string of the molecule is CCc1ncc2c(n1)C(N)CCC2. The van der Waals surface area contributed by atoms with Gasteiger partial charge in [-0.3, -0.25) is 0 Å². The second-order valence-electron chi connectivity index (χ2n) is 3.55. The van der Waals surface area contributed by atoms with Crippen molar-refractivity contribution < 1.29 is 0 Å². The van der Waals surface area contributed by atoms with Gasteiger partial charge in [-0.05, 0) is 24.8 Å². The molecule has 0 bridgehead atoms. The average molecular weight is 177 g/mol. The van der Waals surface area contributed by atoms with Crippen molar-refractivity contribution in [2.24, 2.45) is 5.73 Å². The largest absolute Gasteiger partial charge is 0.323 e. The van der Waals surface area contributed by atoms with Crippen LogP contribution in [0.4, 0.5) is 0 Å². The van der Waals surface area contributed by atoms with E-state index in [0.717, 1.165) is 30.8 Å². The van der Waals surface area contributed by atoms with Gasteiger partial charge in [-0.15, -0.1) is 0 Å². The maximum absolute atomic E-state index is 5.98. The summed E-state index contributed by atoms with van der Waals surface area (Å²) >= 11 is 0. The molecule has 1 aromatic heterocycles. The molecule has 3 nitrogen and oxygen atoms in total. The molecule has 0 aromatic carbocycles. The Balaban J connectivity index is 2.41. The second-order valence-corrected chi connectivity index (χ2v) is 3.55. The Hall–Kier alpha value is -0.960. The van der Waals surface area contributed by atoms with Crippen LogP contribution in [0.15, 0.2) is 6.20 Å². The number of nitrogens with zero attached hydrogens (tertiary/aromatic N) is 2. The molecule has 0 radical (unpaired) electrons. The summed E-state index contributed by atoms with van der Waals surface area (Å²) in [6, 6.07) is 0.136. The maximum atomic E-state index is 5.98. The lowest BCUT2D eigenvalue weighted by atomic mass is 9.93. The van der Waals surface area contributed by atoms with Gasteiger partial charge in [0.2, 0.25) is 0 Å². The molecule has 1 aliphatic carbocycles. The van der Waals surface area contributed by atoms with E-state index >= 15 is 0 Å². The normalized spacial score (nSPS) is 21.2. The van der Waals surface area contributed by atoms with Crippen molar-refractivity contribution in [2.75, 3.05) is 0 Å². The Kier molecular flexibility index (Phi) is 2.27. The van der Waals surface area contributed by atoms with Crippen LogP contribution >= 0.6 is 0 Å². The molecule has 0 amide bonds. The van der Waals surface area contributed by atoms with E-state index in [4.69, 9.17) is 5.73 Å². The minimum absolute atomic E-state index is 0.136. The van der Waals surface area contributed by atoms with Gasteiger partial charge in [0.25, 0.3) is 0 Å². The lowest BCUT2D eigenvalue weighted by Gasteiger charge is -2.20. The third kappa shape index (κ3) is 1.56. The highest BCUT2D eigenvalue weighted by Gasteiger charge is 2.18. The quantitative estimate of drug-likeness (QED) is 0.705. The van der Waals surface area contributed by atoms with Gasteiger partial charge in [0, 0.05) is 18.7 Å². The third-order valence-corrected chi connectivity index (χ3v) is 2.58. The van der Waals surface area contributed by atoms with Crippen LogP contribution in [0.1, 0.15) is 42.9 Å². The predicted molar refractivity (Wildman–Crippen MR) is 51.3 cm³/mol. The van der Waals surface area contributed by atoms with Gasteiger partial charge in [0.05, 0.1) is 5.69 Å². The zero-order valence-electron chi connectivity index (χ0n) is 7.95. The van der Waals surface area contributed by atoms with Gasteiger partial charge >= 0.3 is 0 Å². The second kappa shape index (κ2) is 3.42. The van der Waals surface area contributed by atoms with Gasteiger partial charge in [0.1, 0.15) is 5.82 Å². The van der Waals surface area contributed by atoms with E-state index in [2.05, 4.69) is 16.9 Å². The lowest BCUT2D eigenvalue weighted by Crippen LogP contribution is -2.20. The summed E-state index contributed by atoms with van der Waals surface area (Å²) in [7, 11) is 0. The maximum Gasteiger partial charge on any atom is 0.128 e. The molecule has 1 heterocycles. The first-order chi connectivity index (χ1) is 6.31. The lowest BCUT2D eigenvalue weighted by molar-refractivity contribution is 0.547. The molecular formula is C10H15N3. The molecule has 0 spiro atoms.